The Morgan fingerprint density at radius 1 is 1.10 bits per heavy atom. The summed E-state index contributed by atoms with van der Waals surface area (Å²) in [6, 6.07) is 4.31. The fourth-order valence-corrected chi connectivity index (χ4v) is 4.53. The number of fused-ring (bicyclic) bond motifs is 1. The second-order valence-electron chi connectivity index (χ2n) is 8.81. The fourth-order valence-electron chi connectivity index (χ4n) is 4.53. The lowest BCUT2D eigenvalue weighted by atomic mass is 9.78. The molecule has 0 saturated carbocycles. The molecule has 3 heterocycles. The van der Waals surface area contributed by atoms with Gasteiger partial charge in [0.1, 0.15) is 6.04 Å². The van der Waals surface area contributed by atoms with E-state index in [9.17, 15) is 19.2 Å². The molecule has 2 saturated heterocycles. The lowest BCUT2D eigenvalue weighted by Gasteiger charge is -2.34. The van der Waals surface area contributed by atoms with Crippen molar-refractivity contribution in [3.05, 3.63) is 34.9 Å². The third-order valence-corrected chi connectivity index (χ3v) is 6.55. The first-order valence-corrected chi connectivity index (χ1v) is 10.6. The van der Waals surface area contributed by atoms with Gasteiger partial charge in [-0.3, -0.25) is 29.4 Å². The van der Waals surface area contributed by atoms with Crippen LogP contribution in [-0.2, 0) is 16.1 Å². The molecule has 3 aliphatic heterocycles. The van der Waals surface area contributed by atoms with E-state index in [1.165, 1.54) is 12.8 Å². The summed E-state index contributed by atoms with van der Waals surface area (Å²) < 4.78 is 0. The Kier molecular flexibility index (Phi) is 5.71. The summed E-state index contributed by atoms with van der Waals surface area (Å²) in [6.07, 6.45) is 3.74. The molecule has 1 aromatic carbocycles. The fraction of sp³-hybridized carbons (Fsp3) is 0.545. The Morgan fingerprint density at radius 3 is 2.57 bits per heavy atom. The third-order valence-electron chi connectivity index (χ3n) is 6.55. The predicted octanol–water partition coefficient (Wildman–Crippen LogP) is 0.957. The highest BCUT2D eigenvalue weighted by molar-refractivity contribution is 6.23. The average molecular weight is 412 g/mol. The van der Waals surface area contributed by atoms with Crippen molar-refractivity contribution in [2.24, 2.45) is 5.41 Å². The first-order valence-electron chi connectivity index (χ1n) is 10.6. The van der Waals surface area contributed by atoms with E-state index in [-0.39, 0.29) is 18.7 Å². The third kappa shape index (κ3) is 4.02. The molecular weight excluding hydrogens is 384 g/mol. The average Bonchev–Trinajstić information content (AvgIpc) is 2.96. The molecule has 4 rings (SSSR count). The van der Waals surface area contributed by atoms with Gasteiger partial charge in [-0.25, -0.2) is 0 Å². The van der Waals surface area contributed by atoms with E-state index in [0.29, 0.717) is 23.1 Å². The van der Waals surface area contributed by atoms with Crippen LogP contribution in [0.4, 0.5) is 0 Å². The van der Waals surface area contributed by atoms with Gasteiger partial charge in [-0.2, -0.15) is 0 Å². The molecule has 0 bridgehead atoms. The molecule has 0 radical (unpaired) electrons. The van der Waals surface area contributed by atoms with Gasteiger partial charge < -0.3 is 10.6 Å². The van der Waals surface area contributed by atoms with Gasteiger partial charge >= 0.3 is 0 Å². The van der Waals surface area contributed by atoms with Gasteiger partial charge in [0, 0.05) is 13.0 Å². The summed E-state index contributed by atoms with van der Waals surface area (Å²) in [4.78, 5) is 50.1. The van der Waals surface area contributed by atoms with Crippen LogP contribution in [0.15, 0.2) is 18.2 Å². The molecule has 160 valence electrons. The number of piperidine rings is 2. The maximum absolute atomic E-state index is 12.9. The first-order chi connectivity index (χ1) is 14.4. The molecule has 1 aromatic rings. The van der Waals surface area contributed by atoms with Crippen LogP contribution in [0.3, 0.4) is 0 Å². The standard InChI is InChI=1S/C22H28N4O4/c1-22(6-9-23-10-7-22)8-11-24-13-14-2-3-15-16(12-14)21(30)26(20(15)29)17-4-5-18(27)25-19(17)28/h2-3,12,17,23-24H,4-11,13H2,1H3,(H,25,27,28). The van der Waals surface area contributed by atoms with Gasteiger partial charge in [-0.15, -0.1) is 0 Å². The summed E-state index contributed by atoms with van der Waals surface area (Å²) >= 11 is 0. The number of rotatable bonds is 6. The van der Waals surface area contributed by atoms with Gasteiger partial charge in [0.2, 0.25) is 11.8 Å². The van der Waals surface area contributed by atoms with E-state index in [2.05, 4.69) is 22.9 Å². The lowest BCUT2D eigenvalue weighted by molar-refractivity contribution is -0.136. The molecule has 0 aliphatic carbocycles. The van der Waals surface area contributed by atoms with Crippen LogP contribution in [0.2, 0.25) is 0 Å². The monoisotopic (exact) mass is 412 g/mol. The highest BCUT2D eigenvalue weighted by Gasteiger charge is 2.44. The van der Waals surface area contributed by atoms with E-state index >= 15 is 0 Å². The number of benzene rings is 1. The van der Waals surface area contributed by atoms with Crippen molar-refractivity contribution in [2.75, 3.05) is 19.6 Å². The maximum Gasteiger partial charge on any atom is 0.262 e. The minimum absolute atomic E-state index is 0.119. The number of hydrogen-bond donors (Lipinski definition) is 3. The van der Waals surface area contributed by atoms with Gasteiger partial charge in [0.05, 0.1) is 11.1 Å². The van der Waals surface area contributed by atoms with E-state index in [4.69, 9.17) is 0 Å². The van der Waals surface area contributed by atoms with Crippen LogP contribution < -0.4 is 16.0 Å². The zero-order chi connectivity index (χ0) is 21.3. The summed E-state index contributed by atoms with van der Waals surface area (Å²) in [5.74, 6) is -1.90. The van der Waals surface area contributed by atoms with E-state index in [1.807, 2.05) is 6.07 Å². The summed E-state index contributed by atoms with van der Waals surface area (Å²) in [7, 11) is 0. The minimum atomic E-state index is -0.928. The molecule has 2 fully saturated rings. The molecule has 3 aliphatic rings. The Balaban J connectivity index is 1.38. The zero-order valence-corrected chi connectivity index (χ0v) is 17.3. The molecule has 30 heavy (non-hydrogen) atoms. The second-order valence-corrected chi connectivity index (χ2v) is 8.81. The van der Waals surface area contributed by atoms with Crippen LogP contribution in [0.25, 0.3) is 0 Å². The SMILES string of the molecule is CC1(CCNCc2ccc3c(c2)C(=O)N(C2CCC(=O)NC2=O)C3=O)CCNCC1. The quantitative estimate of drug-likeness (QED) is 0.475. The molecule has 4 amide bonds. The van der Waals surface area contributed by atoms with Crippen LogP contribution in [0.5, 0.6) is 0 Å². The van der Waals surface area contributed by atoms with Crippen molar-refractivity contribution in [1.82, 2.24) is 20.9 Å². The number of amides is 4. The van der Waals surface area contributed by atoms with Crippen molar-refractivity contribution in [3.63, 3.8) is 0 Å². The highest BCUT2D eigenvalue weighted by Crippen LogP contribution is 2.31. The van der Waals surface area contributed by atoms with Crippen molar-refractivity contribution in [2.45, 2.75) is 51.6 Å². The Hall–Kier alpha value is -2.58. The number of nitrogens with one attached hydrogen (secondary N) is 3. The smallest absolute Gasteiger partial charge is 0.262 e. The first kappa shape index (κ1) is 20.7. The summed E-state index contributed by atoms with van der Waals surface area (Å²) in [5.41, 5.74) is 1.93. The normalized spacial score (nSPS) is 23.5. The van der Waals surface area contributed by atoms with Crippen LogP contribution in [0, 0.1) is 5.41 Å². The number of nitrogens with zero attached hydrogens (tertiary/aromatic N) is 1. The van der Waals surface area contributed by atoms with E-state index < -0.39 is 23.8 Å². The maximum atomic E-state index is 12.9. The molecule has 8 nitrogen and oxygen atoms in total. The predicted molar refractivity (Wildman–Crippen MR) is 110 cm³/mol. The van der Waals surface area contributed by atoms with Gasteiger partial charge in [-0.05, 0) is 68.4 Å². The van der Waals surface area contributed by atoms with Gasteiger partial charge in [0.25, 0.3) is 11.8 Å². The van der Waals surface area contributed by atoms with Gasteiger partial charge in [-0.1, -0.05) is 13.0 Å². The van der Waals surface area contributed by atoms with Crippen LogP contribution >= 0.6 is 0 Å². The molecule has 1 unspecified atom stereocenters. The largest absolute Gasteiger partial charge is 0.317 e. The number of carbonyl (C=O) groups excluding carboxylic acids is 4. The highest BCUT2D eigenvalue weighted by atomic mass is 16.2. The lowest BCUT2D eigenvalue weighted by Crippen LogP contribution is -2.54. The second kappa shape index (κ2) is 8.28. The number of hydrogen-bond acceptors (Lipinski definition) is 6. The Labute approximate surface area is 175 Å². The Morgan fingerprint density at radius 2 is 1.83 bits per heavy atom. The number of carbonyl (C=O) groups is 4. The molecule has 8 heteroatoms. The van der Waals surface area contributed by atoms with E-state index in [0.717, 1.165) is 36.5 Å². The molecule has 3 N–H and O–H groups in total. The van der Waals surface area contributed by atoms with Crippen molar-refractivity contribution < 1.29 is 19.2 Å². The van der Waals surface area contributed by atoms with Crippen molar-refractivity contribution in [3.8, 4) is 0 Å². The summed E-state index contributed by atoms with van der Waals surface area (Å²) in [6.45, 7) is 5.98. The van der Waals surface area contributed by atoms with Crippen molar-refractivity contribution >= 4 is 23.6 Å². The molecular formula is C22H28N4O4. The van der Waals surface area contributed by atoms with Crippen LogP contribution in [-0.4, -0.2) is 54.2 Å². The van der Waals surface area contributed by atoms with Crippen LogP contribution in [0.1, 0.15) is 65.3 Å². The minimum Gasteiger partial charge on any atom is -0.317 e. The van der Waals surface area contributed by atoms with Gasteiger partial charge in [0.15, 0.2) is 0 Å². The topological polar surface area (TPSA) is 108 Å². The zero-order valence-electron chi connectivity index (χ0n) is 17.3. The molecule has 0 spiro atoms. The van der Waals surface area contributed by atoms with E-state index in [1.54, 1.807) is 12.1 Å². The molecule has 1 atom stereocenters. The number of imide groups is 2. The summed E-state index contributed by atoms with van der Waals surface area (Å²) in [5, 5.41) is 9.05. The molecule has 0 aromatic heterocycles. The Bertz CT molecular complexity index is 891. The van der Waals surface area contributed by atoms with Crippen molar-refractivity contribution in [1.29, 1.82) is 0 Å².